The first kappa shape index (κ1) is 23.9. The third-order valence-electron chi connectivity index (χ3n) is 4.52. The van der Waals surface area contributed by atoms with Gasteiger partial charge in [0.2, 0.25) is 10.0 Å². The summed E-state index contributed by atoms with van der Waals surface area (Å²) >= 11 is 11.7. The van der Waals surface area contributed by atoms with Crippen LogP contribution in [0.5, 0.6) is 0 Å². The summed E-state index contributed by atoms with van der Waals surface area (Å²) in [5.41, 5.74) is 4.92. The predicted octanol–water partition coefficient (Wildman–Crippen LogP) is 4.64. The van der Waals surface area contributed by atoms with Crippen molar-refractivity contribution in [2.45, 2.75) is 18.4 Å². The lowest BCUT2D eigenvalue weighted by atomic mass is 10.1. The van der Waals surface area contributed by atoms with Crippen molar-refractivity contribution < 1.29 is 13.2 Å². The Bertz CT molecular complexity index is 1190. The number of nitrogens with zero attached hydrogens (tertiary/aromatic N) is 2. The number of carbonyl (C=O) groups is 1. The summed E-state index contributed by atoms with van der Waals surface area (Å²) in [6.45, 7) is 1.56. The molecule has 6 nitrogen and oxygen atoms in total. The van der Waals surface area contributed by atoms with Gasteiger partial charge in [-0.3, -0.25) is 4.79 Å². The van der Waals surface area contributed by atoms with Gasteiger partial charge >= 0.3 is 0 Å². The Morgan fingerprint density at radius 2 is 1.50 bits per heavy atom. The highest BCUT2D eigenvalue weighted by Crippen LogP contribution is 2.20. The first-order chi connectivity index (χ1) is 15.2. The molecule has 0 spiro atoms. The molecule has 166 valence electrons. The van der Waals surface area contributed by atoms with E-state index in [0.29, 0.717) is 10.0 Å². The molecule has 0 saturated carbocycles. The van der Waals surface area contributed by atoms with Crippen LogP contribution in [0.25, 0.3) is 0 Å². The Kier molecular flexibility index (Phi) is 8.04. The second-order valence-electron chi connectivity index (χ2n) is 7.06. The number of halogens is 2. The van der Waals surface area contributed by atoms with Crippen LogP contribution < -0.4 is 5.43 Å². The second-order valence-corrected chi connectivity index (χ2v) is 9.87. The summed E-state index contributed by atoms with van der Waals surface area (Å²) < 4.78 is 27.6. The summed E-state index contributed by atoms with van der Waals surface area (Å²) in [5, 5.41) is 4.91. The van der Waals surface area contributed by atoms with E-state index in [4.69, 9.17) is 23.2 Å². The van der Waals surface area contributed by atoms with Gasteiger partial charge in [-0.2, -0.15) is 9.41 Å². The van der Waals surface area contributed by atoms with E-state index in [0.717, 1.165) is 21.0 Å². The molecule has 3 rings (SSSR count). The molecule has 3 aromatic carbocycles. The van der Waals surface area contributed by atoms with E-state index in [1.54, 1.807) is 24.3 Å². The van der Waals surface area contributed by atoms with Gasteiger partial charge < -0.3 is 0 Å². The van der Waals surface area contributed by atoms with Crippen molar-refractivity contribution in [2.24, 2.45) is 5.10 Å². The van der Waals surface area contributed by atoms with Gasteiger partial charge in [-0.25, -0.2) is 13.8 Å². The van der Waals surface area contributed by atoms with E-state index >= 15 is 0 Å². The Morgan fingerprint density at radius 1 is 0.938 bits per heavy atom. The number of rotatable bonds is 8. The van der Waals surface area contributed by atoms with Gasteiger partial charge in [-0.05, 0) is 54.4 Å². The molecule has 0 aromatic heterocycles. The maximum Gasteiger partial charge on any atom is 0.255 e. The molecular formula is C23H21Cl2N3O3S. The summed E-state index contributed by atoms with van der Waals surface area (Å²) in [7, 11) is -3.96. The molecule has 9 heteroatoms. The summed E-state index contributed by atoms with van der Waals surface area (Å²) in [6.07, 6.45) is 1.45. The predicted molar refractivity (Wildman–Crippen MR) is 127 cm³/mol. The molecule has 0 atom stereocenters. The highest BCUT2D eigenvalue weighted by molar-refractivity contribution is 7.89. The number of amides is 1. The van der Waals surface area contributed by atoms with Crippen LogP contribution >= 0.6 is 23.2 Å². The van der Waals surface area contributed by atoms with Crippen molar-refractivity contribution in [1.82, 2.24) is 9.73 Å². The van der Waals surface area contributed by atoms with Gasteiger partial charge in [0.1, 0.15) is 0 Å². The highest BCUT2D eigenvalue weighted by Gasteiger charge is 2.27. The van der Waals surface area contributed by atoms with E-state index in [9.17, 15) is 13.2 Å². The molecule has 0 heterocycles. The molecule has 1 N–H and O–H groups in total. The van der Waals surface area contributed by atoms with E-state index in [1.165, 1.54) is 30.5 Å². The number of carbonyl (C=O) groups excluding carboxylic acids is 1. The molecule has 32 heavy (non-hydrogen) atoms. The number of hydrazone groups is 1. The van der Waals surface area contributed by atoms with Crippen LogP contribution in [-0.2, 0) is 21.4 Å². The van der Waals surface area contributed by atoms with Crippen LogP contribution in [0.15, 0.2) is 82.8 Å². The van der Waals surface area contributed by atoms with Gasteiger partial charge in [0.25, 0.3) is 5.91 Å². The fourth-order valence-corrected chi connectivity index (χ4v) is 4.44. The fraction of sp³-hybridized carbons (Fsp3) is 0.130. The third kappa shape index (κ3) is 6.64. The third-order valence-corrected chi connectivity index (χ3v) is 6.83. The molecule has 0 aliphatic carbocycles. The lowest BCUT2D eigenvalue weighted by molar-refractivity contribution is -0.121. The lowest BCUT2D eigenvalue weighted by Gasteiger charge is -2.21. The second kappa shape index (κ2) is 10.7. The summed E-state index contributed by atoms with van der Waals surface area (Å²) in [6, 6.07) is 20.1. The topological polar surface area (TPSA) is 78.8 Å². The molecule has 0 bridgehead atoms. The highest BCUT2D eigenvalue weighted by atomic mass is 35.5. The van der Waals surface area contributed by atoms with Crippen molar-refractivity contribution in [1.29, 1.82) is 0 Å². The van der Waals surface area contributed by atoms with E-state index in [2.05, 4.69) is 10.5 Å². The van der Waals surface area contributed by atoms with Crippen LogP contribution in [0.1, 0.15) is 16.7 Å². The Balaban J connectivity index is 1.78. The number of hydrogen-bond donors (Lipinski definition) is 1. The van der Waals surface area contributed by atoms with Gasteiger partial charge in [0.15, 0.2) is 0 Å². The van der Waals surface area contributed by atoms with Crippen molar-refractivity contribution in [3.05, 3.63) is 99.5 Å². The standard InChI is InChI=1S/C23H21Cl2N3O3S/c1-17-2-4-19(5-3-17)15-28(32(30,31)22-12-10-21(25)11-13-22)16-23(29)27-26-14-18-6-8-20(24)9-7-18/h2-14H,15-16H2,1H3,(H,27,29)/b26-14-. The lowest BCUT2D eigenvalue weighted by Crippen LogP contribution is -2.39. The normalized spacial score (nSPS) is 11.8. The SMILES string of the molecule is Cc1ccc(CN(CC(=O)N/N=C\c2ccc(Cl)cc2)S(=O)(=O)c2ccc(Cl)cc2)cc1. The van der Waals surface area contributed by atoms with Crippen LogP contribution in [0.2, 0.25) is 10.0 Å². The maximum absolute atomic E-state index is 13.2. The van der Waals surface area contributed by atoms with Crippen LogP contribution in [0, 0.1) is 6.92 Å². The van der Waals surface area contributed by atoms with Gasteiger partial charge in [-0.1, -0.05) is 65.2 Å². The summed E-state index contributed by atoms with van der Waals surface area (Å²) in [4.78, 5) is 12.5. The van der Waals surface area contributed by atoms with Crippen molar-refractivity contribution in [3.63, 3.8) is 0 Å². The zero-order chi connectivity index (χ0) is 23.1. The average molecular weight is 490 g/mol. The number of nitrogens with one attached hydrogen (secondary N) is 1. The first-order valence-electron chi connectivity index (χ1n) is 9.63. The molecule has 0 radical (unpaired) electrons. The monoisotopic (exact) mass is 489 g/mol. The number of sulfonamides is 1. The van der Waals surface area contributed by atoms with Crippen molar-refractivity contribution >= 4 is 45.3 Å². The molecule has 0 aliphatic rings. The molecule has 1 amide bonds. The minimum absolute atomic E-state index is 0.0273. The van der Waals surface area contributed by atoms with E-state index in [-0.39, 0.29) is 11.4 Å². The molecule has 0 saturated heterocycles. The first-order valence-corrected chi connectivity index (χ1v) is 11.8. The van der Waals surface area contributed by atoms with Gasteiger partial charge in [-0.15, -0.1) is 0 Å². The largest absolute Gasteiger partial charge is 0.272 e. The number of hydrogen-bond acceptors (Lipinski definition) is 4. The zero-order valence-corrected chi connectivity index (χ0v) is 19.5. The molecular weight excluding hydrogens is 469 g/mol. The summed E-state index contributed by atoms with van der Waals surface area (Å²) in [5.74, 6) is -0.570. The Hall–Kier alpha value is -2.71. The number of aryl methyl sites for hydroxylation is 1. The zero-order valence-electron chi connectivity index (χ0n) is 17.2. The number of benzene rings is 3. The van der Waals surface area contributed by atoms with Crippen LogP contribution in [0.4, 0.5) is 0 Å². The fourth-order valence-electron chi connectivity index (χ4n) is 2.80. The quantitative estimate of drug-likeness (QED) is 0.369. The van der Waals surface area contributed by atoms with Crippen LogP contribution in [0.3, 0.4) is 0 Å². The molecule has 0 aliphatic heterocycles. The minimum atomic E-state index is -3.96. The average Bonchev–Trinajstić information content (AvgIpc) is 2.76. The Labute approximate surface area is 197 Å². The molecule has 0 unspecified atom stereocenters. The minimum Gasteiger partial charge on any atom is -0.272 e. The van der Waals surface area contributed by atoms with E-state index in [1.807, 2.05) is 31.2 Å². The van der Waals surface area contributed by atoms with Gasteiger partial charge in [0, 0.05) is 16.6 Å². The van der Waals surface area contributed by atoms with Gasteiger partial charge in [0.05, 0.1) is 17.7 Å². The van der Waals surface area contributed by atoms with Crippen LogP contribution in [-0.4, -0.2) is 31.4 Å². The van der Waals surface area contributed by atoms with Crippen molar-refractivity contribution in [2.75, 3.05) is 6.54 Å². The molecule has 3 aromatic rings. The van der Waals surface area contributed by atoms with E-state index < -0.39 is 22.5 Å². The van der Waals surface area contributed by atoms with Crippen molar-refractivity contribution in [3.8, 4) is 0 Å². The smallest absolute Gasteiger partial charge is 0.255 e. The maximum atomic E-state index is 13.2. The molecule has 0 fully saturated rings. The Morgan fingerprint density at radius 3 is 2.09 bits per heavy atom.